The van der Waals surface area contributed by atoms with Crippen molar-refractivity contribution in [3.8, 4) is 0 Å². The minimum Gasteiger partial charge on any atom is -0.317 e. The van der Waals surface area contributed by atoms with Crippen LogP contribution in [-0.2, 0) is 11.2 Å². The molecule has 1 N–H and O–H groups in total. The molecule has 0 bridgehead atoms. The molecule has 1 saturated carbocycles. The van der Waals surface area contributed by atoms with Gasteiger partial charge in [0.2, 0.25) is 0 Å². The van der Waals surface area contributed by atoms with E-state index in [0.29, 0.717) is 17.6 Å². The summed E-state index contributed by atoms with van der Waals surface area (Å²) in [7, 11) is 0. The van der Waals surface area contributed by atoms with Crippen molar-refractivity contribution in [1.29, 1.82) is 0 Å². The number of carbonyl (C=O) groups excluding carboxylic acids is 1. The molecule has 2 aromatic rings. The fraction of sp³-hybridized carbons (Fsp3) is 0.444. The molecule has 1 aromatic heterocycles. The van der Waals surface area contributed by atoms with Crippen molar-refractivity contribution >= 4 is 16.7 Å². The predicted molar refractivity (Wildman–Crippen MR) is 83.1 cm³/mol. The van der Waals surface area contributed by atoms with Crippen LogP contribution in [-0.4, -0.2) is 23.9 Å². The number of benzene rings is 1. The SMILES string of the molecule is O=C(Cc1ccc2ccccc2n1)C1CC12CCNCC2. The van der Waals surface area contributed by atoms with Crippen LogP contribution in [0.1, 0.15) is 25.0 Å². The Hall–Kier alpha value is -1.74. The smallest absolute Gasteiger partial charge is 0.142 e. The van der Waals surface area contributed by atoms with Gasteiger partial charge in [0, 0.05) is 23.4 Å². The maximum absolute atomic E-state index is 12.5. The number of rotatable bonds is 3. The second kappa shape index (κ2) is 4.92. The highest BCUT2D eigenvalue weighted by Crippen LogP contribution is 2.59. The molecule has 3 nitrogen and oxygen atoms in total. The normalized spacial score (nSPS) is 23.3. The third-order valence-electron chi connectivity index (χ3n) is 5.19. The maximum Gasteiger partial charge on any atom is 0.142 e. The van der Waals surface area contributed by atoms with Crippen molar-refractivity contribution in [1.82, 2.24) is 10.3 Å². The summed E-state index contributed by atoms with van der Waals surface area (Å²) in [6, 6.07) is 12.1. The van der Waals surface area contributed by atoms with Gasteiger partial charge in [0.15, 0.2) is 0 Å². The highest BCUT2D eigenvalue weighted by Gasteiger charge is 2.56. The van der Waals surface area contributed by atoms with Gasteiger partial charge in [-0.25, -0.2) is 0 Å². The van der Waals surface area contributed by atoms with Crippen LogP contribution in [0.2, 0.25) is 0 Å². The maximum atomic E-state index is 12.5. The number of nitrogens with one attached hydrogen (secondary N) is 1. The van der Waals surface area contributed by atoms with Crippen molar-refractivity contribution in [3.05, 3.63) is 42.1 Å². The van der Waals surface area contributed by atoms with E-state index in [9.17, 15) is 4.79 Å². The van der Waals surface area contributed by atoms with Crippen molar-refractivity contribution in [2.45, 2.75) is 25.7 Å². The summed E-state index contributed by atoms with van der Waals surface area (Å²) in [6.45, 7) is 2.13. The van der Waals surface area contributed by atoms with E-state index in [1.165, 1.54) is 0 Å². The third-order valence-corrected chi connectivity index (χ3v) is 5.19. The van der Waals surface area contributed by atoms with Crippen LogP contribution in [0, 0.1) is 11.3 Å². The first kappa shape index (κ1) is 13.0. The van der Waals surface area contributed by atoms with Crippen molar-refractivity contribution in [2.24, 2.45) is 11.3 Å². The molecular formula is C18H20N2O. The number of ketones is 1. The molecule has 1 unspecified atom stereocenters. The molecule has 0 amide bonds. The molecule has 108 valence electrons. The summed E-state index contributed by atoms with van der Waals surface area (Å²) in [5, 5.41) is 4.52. The minimum atomic E-state index is 0.285. The number of nitrogens with zero attached hydrogens (tertiary/aromatic N) is 1. The Morgan fingerprint density at radius 2 is 2.00 bits per heavy atom. The van der Waals surface area contributed by atoms with Crippen LogP contribution in [0.5, 0.6) is 0 Å². The first-order valence-electron chi connectivity index (χ1n) is 7.85. The average Bonchev–Trinajstić information content (AvgIpc) is 3.21. The van der Waals surface area contributed by atoms with E-state index in [2.05, 4.69) is 22.4 Å². The average molecular weight is 280 g/mol. The number of piperidine rings is 1. The molecule has 2 heterocycles. The molecule has 21 heavy (non-hydrogen) atoms. The zero-order valence-corrected chi connectivity index (χ0v) is 12.1. The van der Waals surface area contributed by atoms with Gasteiger partial charge >= 0.3 is 0 Å². The Balaban J connectivity index is 1.49. The first-order valence-corrected chi connectivity index (χ1v) is 7.85. The van der Waals surface area contributed by atoms with Crippen LogP contribution in [0.15, 0.2) is 36.4 Å². The number of Topliss-reactive ketones (excluding diaryl/α,β-unsaturated/α-hetero) is 1. The fourth-order valence-corrected chi connectivity index (χ4v) is 3.79. The molecule has 2 fully saturated rings. The highest BCUT2D eigenvalue weighted by atomic mass is 16.1. The van der Waals surface area contributed by atoms with Gasteiger partial charge in [-0.3, -0.25) is 9.78 Å². The quantitative estimate of drug-likeness (QED) is 0.940. The lowest BCUT2D eigenvalue weighted by Gasteiger charge is -2.23. The first-order chi connectivity index (χ1) is 10.3. The Kier molecular flexibility index (Phi) is 3.03. The Morgan fingerprint density at radius 1 is 1.19 bits per heavy atom. The Labute approximate surface area is 124 Å². The second-order valence-corrected chi connectivity index (χ2v) is 6.51. The van der Waals surface area contributed by atoms with E-state index in [-0.39, 0.29) is 5.92 Å². The van der Waals surface area contributed by atoms with Crippen LogP contribution in [0.25, 0.3) is 10.9 Å². The van der Waals surface area contributed by atoms with Gasteiger partial charge in [-0.05, 0) is 49.9 Å². The van der Waals surface area contributed by atoms with Gasteiger partial charge in [-0.15, -0.1) is 0 Å². The molecule has 2 aliphatic rings. The van der Waals surface area contributed by atoms with E-state index in [1.807, 2.05) is 24.3 Å². The van der Waals surface area contributed by atoms with Gasteiger partial charge < -0.3 is 5.32 Å². The zero-order valence-electron chi connectivity index (χ0n) is 12.1. The largest absolute Gasteiger partial charge is 0.317 e. The highest BCUT2D eigenvalue weighted by molar-refractivity contribution is 5.87. The summed E-state index contributed by atoms with van der Waals surface area (Å²) >= 11 is 0. The molecule has 1 aromatic carbocycles. The van der Waals surface area contributed by atoms with E-state index in [0.717, 1.165) is 48.9 Å². The lowest BCUT2D eigenvalue weighted by atomic mass is 9.90. The summed E-state index contributed by atoms with van der Waals surface area (Å²) in [5.74, 6) is 0.674. The van der Waals surface area contributed by atoms with E-state index < -0.39 is 0 Å². The van der Waals surface area contributed by atoms with Crippen LogP contribution >= 0.6 is 0 Å². The summed E-state index contributed by atoms with van der Waals surface area (Å²) in [4.78, 5) is 17.1. The van der Waals surface area contributed by atoms with Crippen molar-refractivity contribution < 1.29 is 4.79 Å². The molecule has 1 spiro atoms. The van der Waals surface area contributed by atoms with Crippen molar-refractivity contribution in [3.63, 3.8) is 0 Å². The lowest BCUT2D eigenvalue weighted by molar-refractivity contribution is -0.120. The molecule has 3 heteroatoms. The van der Waals surface area contributed by atoms with Crippen LogP contribution in [0.4, 0.5) is 0 Å². The monoisotopic (exact) mass is 280 g/mol. The van der Waals surface area contributed by atoms with Crippen LogP contribution in [0.3, 0.4) is 0 Å². The van der Waals surface area contributed by atoms with Gasteiger partial charge in [-0.2, -0.15) is 0 Å². The summed E-state index contributed by atoms with van der Waals surface area (Å²) < 4.78 is 0. The second-order valence-electron chi connectivity index (χ2n) is 6.51. The Bertz CT molecular complexity index is 688. The fourth-order valence-electron chi connectivity index (χ4n) is 3.79. The summed E-state index contributed by atoms with van der Waals surface area (Å²) in [6.07, 6.45) is 3.91. The third kappa shape index (κ3) is 2.36. The van der Waals surface area contributed by atoms with Gasteiger partial charge in [-0.1, -0.05) is 24.3 Å². The van der Waals surface area contributed by atoms with E-state index in [1.54, 1.807) is 0 Å². The number of hydrogen-bond acceptors (Lipinski definition) is 3. The molecule has 1 aliphatic carbocycles. The number of aromatic nitrogens is 1. The Morgan fingerprint density at radius 3 is 2.86 bits per heavy atom. The number of carbonyl (C=O) groups is 1. The molecular weight excluding hydrogens is 260 g/mol. The molecule has 1 aliphatic heterocycles. The topological polar surface area (TPSA) is 42.0 Å². The van der Waals surface area contributed by atoms with Gasteiger partial charge in [0.1, 0.15) is 5.78 Å². The zero-order chi connectivity index (χ0) is 14.3. The molecule has 1 atom stereocenters. The number of pyridine rings is 1. The minimum absolute atomic E-state index is 0.285. The standard InChI is InChI=1S/C18H20N2O/c21-17(15-12-18(15)7-9-19-10-8-18)11-14-6-5-13-3-1-2-4-16(13)20-14/h1-6,15,19H,7-12H2. The number of para-hydroxylation sites is 1. The predicted octanol–water partition coefficient (Wildman–Crippen LogP) is 2.74. The molecule has 0 radical (unpaired) electrons. The summed E-state index contributed by atoms with van der Waals surface area (Å²) in [5.41, 5.74) is 2.23. The van der Waals surface area contributed by atoms with Crippen LogP contribution < -0.4 is 5.32 Å². The van der Waals surface area contributed by atoms with E-state index in [4.69, 9.17) is 0 Å². The van der Waals surface area contributed by atoms with Gasteiger partial charge in [0.05, 0.1) is 5.52 Å². The lowest BCUT2D eigenvalue weighted by Crippen LogP contribution is -2.31. The van der Waals surface area contributed by atoms with Gasteiger partial charge in [0.25, 0.3) is 0 Å². The van der Waals surface area contributed by atoms with E-state index >= 15 is 0 Å². The molecule has 1 saturated heterocycles. The molecule has 4 rings (SSSR count). The number of hydrogen-bond donors (Lipinski definition) is 1. The van der Waals surface area contributed by atoms with Crippen molar-refractivity contribution in [2.75, 3.05) is 13.1 Å². The number of fused-ring (bicyclic) bond motifs is 1.